The third-order valence-corrected chi connectivity index (χ3v) is 7.71. The van der Waals surface area contributed by atoms with Crippen molar-refractivity contribution in [2.45, 2.75) is 44.3 Å². The average molecular weight is 449 g/mol. The molecule has 9 heteroatoms. The van der Waals surface area contributed by atoms with Crippen LogP contribution in [0.5, 0.6) is 0 Å². The number of rotatable bonds is 8. The van der Waals surface area contributed by atoms with Crippen LogP contribution >= 0.6 is 11.3 Å². The van der Waals surface area contributed by atoms with Crippen molar-refractivity contribution in [3.63, 3.8) is 0 Å². The summed E-state index contributed by atoms with van der Waals surface area (Å²) in [7, 11) is -3.29. The minimum absolute atomic E-state index is 0.0254. The Balaban J connectivity index is 1.83. The van der Waals surface area contributed by atoms with Crippen LogP contribution < -0.4 is 5.32 Å². The van der Waals surface area contributed by atoms with Gasteiger partial charge in [-0.1, -0.05) is 37.3 Å². The average Bonchev–Trinajstić information content (AvgIpc) is 3.14. The molecular formula is C21H24N2O5S2. The monoisotopic (exact) mass is 448 g/mol. The Bertz CT molecular complexity index is 1110. The molecule has 0 spiro atoms. The Morgan fingerprint density at radius 2 is 1.73 bits per heavy atom. The number of sulfone groups is 1. The lowest BCUT2D eigenvalue weighted by Crippen LogP contribution is -2.20. The van der Waals surface area contributed by atoms with E-state index in [-0.39, 0.29) is 29.8 Å². The van der Waals surface area contributed by atoms with E-state index in [1.165, 1.54) is 23.5 Å². The molecule has 0 aliphatic heterocycles. The molecule has 3 aromatic rings. The number of carbonyl (C=O) groups is 1. The number of hydrogen-bond donors (Lipinski definition) is 3. The van der Waals surface area contributed by atoms with E-state index < -0.39 is 15.8 Å². The number of fused-ring (bicyclic) bond motifs is 1. The van der Waals surface area contributed by atoms with Crippen molar-refractivity contribution in [2.24, 2.45) is 0 Å². The zero-order chi connectivity index (χ0) is 21.9. The summed E-state index contributed by atoms with van der Waals surface area (Å²) in [6, 6.07) is 9.89. The van der Waals surface area contributed by atoms with E-state index in [0.29, 0.717) is 28.2 Å². The summed E-state index contributed by atoms with van der Waals surface area (Å²) in [5.74, 6) is -0.652. The predicted molar refractivity (Wildman–Crippen MR) is 117 cm³/mol. The van der Waals surface area contributed by atoms with E-state index in [1.807, 2.05) is 6.92 Å². The van der Waals surface area contributed by atoms with Crippen LogP contribution in [-0.4, -0.2) is 35.3 Å². The maximum atomic E-state index is 12.9. The van der Waals surface area contributed by atoms with Gasteiger partial charge in [0.05, 0.1) is 40.0 Å². The molecule has 3 N–H and O–H groups in total. The van der Waals surface area contributed by atoms with E-state index in [4.69, 9.17) is 0 Å². The molecule has 0 radical (unpaired) electrons. The number of anilines is 1. The zero-order valence-electron chi connectivity index (χ0n) is 16.8. The first-order valence-electron chi connectivity index (χ1n) is 9.60. The summed E-state index contributed by atoms with van der Waals surface area (Å²) >= 11 is 1.29. The molecule has 0 aliphatic rings. The number of amides is 1. The third-order valence-electron chi connectivity index (χ3n) is 5.03. The summed E-state index contributed by atoms with van der Waals surface area (Å²) in [5, 5.41) is 22.1. The Morgan fingerprint density at radius 3 is 2.30 bits per heavy atom. The van der Waals surface area contributed by atoms with Crippen molar-refractivity contribution in [2.75, 3.05) is 11.1 Å². The molecule has 0 fully saturated rings. The Kier molecular flexibility index (Phi) is 6.87. The first kappa shape index (κ1) is 22.4. The van der Waals surface area contributed by atoms with Crippen molar-refractivity contribution in [3.8, 4) is 0 Å². The minimum Gasteiger partial charge on any atom is -0.392 e. The van der Waals surface area contributed by atoms with Crippen molar-refractivity contribution in [3.05, 3.63) is 53.1 Å². The molecule has 1 amide bonds. The molecule has 0 saturated heterocycles. The van der Waals surface area contributed by atoms with E-state index in [9.17, 15) is 23.4 Å². The molecular weight excluding hydrogens is 424 g/mol. The van der Waals surface area contributed by atoms with Crippen LogP contribution in [0.25, 0.3) is 10.2 Å². The zero-order valence-corrected chi connectivity index (χ0v) is 18.4. The van der Waals surface area contributed by atoms with Gasteiger partial charge in [-0.05, 0) is 47.4 Å². The van der Waals surface area contributed by atoms with Gasteiger partial charge in [0.2, 0.25) is 5.91 Å². The maximum absolute atomic E-state index is 12.9. The van der Waals surface area contributed by atoms with Gasteiger partial charge in [-0.25, -0.2) is 13.4 Å². The Morgan fingerprint density at radius 1 is 1.10 bits per heavy atom. The molecule has 30 heavy (non-hydrogen) atoms. The lowest BCUT2D eigenvalue weighted by atomic mass is 9.96. The normalized spacial score (nSPS) is 12.8. The van der Waals surface area contributed by atoms with Crippen molar-refractivity contribution < 1.29 is 23.4 Å². The molecule has 0 saturated carbocycles. The quantitative estimate of drug-likeness (QED) is 0.487. The SMILES string of the molecule is CCC(C(=O)Nc1nc2cc(CO)c(CO)cc2s1)c1ccc(S(=O)(=O)CC)cc1. The summed E-state index contributed by atoms with van der Waals surface area (Å²) in [6.07, 6.45) is 0.542. The van der Waals surface area contributed by atoms with E-state index in [1.54, 1.807) is 31.2 Å². The summed E-state index contributed by atoms with van der Waals surface area (Å²) in [5.41, 5.74) is 2.59. The fourth-order valence-corrected chi connectivity index (χ4v) is 5.04. The number of thiazole rings is 1. The van der Waals surface area contributed by atoms with Gasteiger partial charge in [0.1, 0.15) is 0 Å². The molecule has 3 rings (SSSR count). The maximum Gasteiger partial charge on any atom is 0.233 e. The van der Waals surface area contributed by atoms with E-state index in [2.05, 4.69) is 10.3 Å². The van der Waals surface area contributed by atoms with Crippen molar-refractivity contribution in [1.82, 2.24) is 4.98 Å². The summed E-state index contributed by atoms with van der Waals surface area (Å²) in [4.78, 5) is 17.5. The van der Waals surface area contributed by atoms with Crippen LogP contribution in [0.4, 0.5) is 5.13 Å². The fraction of sp³-hybridized carbons (Fsp3) is 0.333. The molecule has 1 unspecified atom stereocenters. The summed E-state index contributed by atoms with van der Waals surface area (Å²) in [6.45, 7) is 3.09. The molecule has 2 aromatic carbocycles. The second-order valence-electron chi connectivity index (χ2n) is 6.85. The molecule has 0 bridgehead atoms. The van der Waals surface area contributed by atoms with Gasteiger partial charge in [0.15, 0.2) is 15.0 Å². The highest BCUT2D eigenvalue weighted by Crippen LogP contribution is 2.30. The van der Waals surface area contributed by atoms with E-state index >= 15 is 0 Å². The van der Waals surface area contributed by atoms with Crippen molar-refractivity contribution >= 4 is 42.4 Å². The van der Waals surface area contributed by atoms with Gasteiger partial charge in [-0.2, -0.15) is 0 Å². The van der Waals surface area contributed by atoms with Gasteiger partial charge >= 0.3 is 0 Å². The second kappa shape index (κ2) is 9.22. The van der Waals surface area contributed by atoms with Crippen LogP contribution in [0.15, 0.2) is 41.3 Å². The standard InChI is InChI=1S/C21H24N2O5S2/c1-3-17(13-5-7-16(8-6-13)30(27,28)4-2)20(26)23-21-22-18-9-14(11-24)15(12-25)10-19(18)29-21/h5-10,17,24-25H,3-4,11-12H2,1-2H3,(H,22,23,26). The van der Waals surface area contributed by atoms with Gasteiger partial charge < -0.3 is 15.5 Å². The number of hydrogen-bond acceptors (Lipinski definition) is 7. The van der Waals surface area contributed by atoms with Crippen LogP contribution in [0.1, 0.15) is 42.9 Å². The Hall–Kier alpha value is -2.33. The van der Waals surface area contributed by atoms with Gasteiger partial charge in [0.25, 0.3) is 0 Å². The van der Waals surface area contributed by atoms with Crippen molar-refractivity contribution in [1.29, 1.82) is 0 Å². The summed E-state index contributed by atoms with van der Waals surface area (Å²) < 4.78 is 24.8. The molecule has 7 nitrogen and oxygen atoms in total. The third kappa shape index (κ3) is 4.54. The number of aliphatic hydroxyl groups is 2. The molecule has 1 heterocycles. The largest absolute Gasteiger partial charge is 0.392 e. The van der Waals surface area contributed by atoms with Gasteiger partial charge in [-0.15, -0.1) is 0 Å². The van der Waals surface area contributed by atoms with Crippen LogP contribution in [-0.2, 0) is 27.8 Å². The number of carbonyl (C=O) groups excluding carboxylic acids is 1. The number of nitrogens with one attached hydrogen (secondary N) is 1. The van der Waals surface area contributed by atoms with Gasteiger partial charge in [-0.3, -0.25) is 4.79 Å². The lowest BCUT2D eigenvalue weighted by Gasteiger charge is -2.14. The van der Waals surface area contributed by atoms with Crippen LogP contribution in [0, 0.1) is 0 Å². The Labute approximate surface area is 179 Å². The first-order valence-corrected chi connectivity index (χ1v) is 12.1. The minimum atomic E-state index is -3.29. The highest BCUT2D eigenvalue weighted by Gasteiger charge is 2.21. The first-order chi connectivity index (χ1) is 14.3. The number of benzene rings is 2. The number of nitrogens with zero attached hydrogens (tertiary/aromatic N) is 1. The molecule has 1 aromatic heterocycles. The highest BCUT2D eigenvalue weighted by molar-refractivity contribution is 7.91. The second-order valence-corrected chi connectivity index (χ2v) is 10.2. The molecule has 0 aliphatic carbocycles. The number of aromatic nitrogens is 1. The lowest BCUT2D eigenvalue weighted by molar-refractivity contribution is -0.117. The van der Waals surface area contributed by atoms with Crippen LogP contribution in [0.3, 0.4) is 0 Å². The number of aliphatic hydroxyl groups excluding tert-OH is 2. The predicted octanol–water partition coefficient (Wildman–Crippen LogP) is 3.21. The topological polar surface area (TPSA) is 117 Å². The smallest absolute Gasteiger partial charge is 0.233 e. The highest BCUT2D eigenvalue weighted by atomic mass is 32.2. The fourth-order valence-electron chi connectivity index (χ4n) is 3.25. The van der Waals surface area contributed by atoms with Gasteiger partial charge in [0, 0.05) is 0 Å². The van der Waals surface area contributed by atoms with E-state index in [0.717, 1.165) is 10.3 Å². The molecule has 160 valence electrons. The van der Waals surface area contributed by atoms with Crippen LogP contribution in [0.2, 0.25) is 0 Å². The molecule has 1 atom stereocenters.